The van der Waals surface area contributed by atoms with Crippen LogP contribution in [0.5, 0.6) is 0 Å². The van der Waals surface area contributed by atoms with E-state index >= 15 is 0 Å². The van der Waals surface area contributed by atoms with Gasteiger partial charge in [0.1, 0.15) is 0 Å². The first kappa shape index (κ1) is 20.7. The molecule has 5 nitrogen and oxygen atoms in total. The average molecular weight is 438 g/mol. The highest BCUT2D eigenvalue weighted by atomic mass is 32.2. The van der Waals surface area contributed by atoms with Gasteiger partial charge in [0.05, 0.1) is 17.5 Å². The van der Waals surface area contributed by atoms with Crippen LogP contribution in [0.15, 0.2) is 36.4 Å². The molecule has 4 rings (SSSR count). The summed E-state index contributed by atoms with van der Waals surface area (Å²) in [6.45, 7) is 0.823. The van der Waals surface area contributed by atoms with Gasteiger partial charge in [0.25, 0.3) is 5.91 Å². The van der Waals surface area contributed by atoms with Gasteiger partial charge < -0.3 is 4.90 Å². The van der Waals surface area contributed by atoms with Crippen LogP contribution in [-0.4, -0.2) is 33.7 Å². The number of rotatable bonds is 2. The second-order valence-electron chi connectivity index (χ2n) is 7.68. The molecule has 0 radical (unpaired) electrons. The summed E-state index contributed by atoms with van der Waals surface area (Å²) in [5.74, 6) is -0.296. The fraction of sp³-hybridized carbons (Fsp3) is 0.381. The molecule has 0 bridgehead atoms. The van der Waals surface area contributed by atoms with E-state index < -0.39 is 21.8 Å². The summed E-state index contributed by atoms with van der Waals surface area (Å²) in [7, 11) is -3.40. The third-order valence-electron chi connectivity index (χ3n) is 5.57. The third-order valence-corrected chi connectivity index (χ3v) is 6.75. The topological polar surface area (TPSA) is 57.7 Å². The van der Waals surface area contributed by atoms with Gasteiger partial charge in [0.15, 0.2) is 0 Å². The quantitative estimate of drug-likeness (QED) is 0.712. The number of hydrogen-bond donors (Lipinski definition) is 0. The number of carbonyl (C=O) groups is 1. The standard InChI is InChI=1S/C21H21F3N2O3S/c1-30(28,29)26-11-3-5-14-12-16(6-8-19(14)26)20(27)25-10-2-4-15-13-17(21(22,23)24)7-9-18(15)25/h6-9,12-13H,2-5,10-11H2,1H3. The first-order valence-electron chi connectivity index (χ1n) is 9.68. The second kappa shape index (κ2) is 7.30. The zero-order chi connectivity index (χ0) is 21.7. The Bertz CT molecular complexity index is 1110. The van der Waals surface area contributed by atoms with Gasteiger partial charge in [-0.05, 0) is 73.2 Å². The van der Waals surface area contributed by atoms with Crippen molar-refractivity contribution in [1.29, 1.82) is 0 Å². The Morgan fingerprint density at radius 2 is 1.57 bits per heavy atom. The van der Waals surface area contributed by atoms with E-state index in [1.807, 2.05) is 0 Å². The van der Waals surface area contributed by atoms with Crippen LogP contribution in [0.25, 0.3) is 0 Å². The number of nitrogens with zero attached hydrogens (tertiary/aromatic N) is 2. The van der Waals surface area contributed by atoms with Crippen LogP contribution in [-0.2, 0) is 29.0 Å². The molecule has 1 amide bonds. The molecule has 2 aliphatic rings. The lowest BCUT2D eigenvalue weighted by Gasteiger charge is -2.32. The highest BCUT2D eigenvalue weighted by Gasteiger charge is 2.33. The van der Waals surface area contributed by atoms with E-state index in [1.54, 1.807) is 18.2 Å². The number of sulfonamides is 1. The number of carbonyl (C=O) groups excluding carboxylic acids is 1. The molecule has 0 saturated heterocycles. The number of amides is 1. The van der Waals surface area contributed by atoms with Gasteiger partial charge in [-0.15, -0.1) is 0 Å². The number of alkyl halides is 3. The highest BCUT2D eigenvalue weighted by Crippen LogP contribution is 2.36. The molecule has 2 aromatic rings. The van der Waals surface area contributed by atoms with E-state index in [0.29, 0.717) is 61.3 Å². The maximum Gasteiger partial charge on any atom is 0.416 e. The number of fused-ring (bicyclic) bond motifs is 2. The van der Waals surface area contributed by atoms with Gasteiger partial charge in [-0.3, -0.25) is 9.10 Å². The molecule has 0 fully saturated rings. The van der Waals surface area contributed by atoms with Crippen LogP contribution in [0.1, 0.15) is 39.9 Å². The van der Waals surface area contributed by atoms with E-state index in [1.165, 1.54) is 15.3 Å². The summed E-state index contributed by atoms with van der Waals surface area (Å²) >= 11 is 0. The van der Waals surface area contributed by atoms with Crippen LogP contribution in [0.4, 0.5) is 24.5 Å². The van der Waals surface area contributed by atoms with Crippen molar-refractivity contribution in [2.75, 3.05) is 28.6 Å². The molecule has 9 heteroatoms. The van der Waals surface area contributed by atoms with Crippen LogP contribution in [0.3, 0.4) is 0 Å². The molecule has 2 aromatic carbocycles. The maximum atomic E-state index is 13.2. The molecule has 0 unspecified atom stereocenters. The summed E-state index contributed by atoms with van der Waals surface area (Å²) in [6, 6.07) is 8.41. The predicted molar refractivity (Wildman–Crippen MR) is 108 cm³/mol. The predicted octanol–water partition coefficient (Wildman–Crippen LogP) is 4.01. The Balaban J connectivity index is 1.67. The zero-order valence-corrected chi connectivity index (χ0v) is 17.2. The molecule has 0 N–H and O–H groups in total. The van der Waals surface area contributed by atoms with Crippen LogP contribution < -0.4 is 9.21 Å². The van der Waals surface area contributed by atoms with Crippen LogP contribution in [0.2, 0.25) is 0 Å². The minimum Gasteiger partial charge on any atom is -0.308 e. The summed E-state index contributed by atoms with van der Waals surface area (Å²) < 4.78 is 64.5. The van der Waals surface area contributed by atoms with Crippen molar-refractivity contribution in [3.05, 3.63) is 58.7 Å². The maximum absolute atomic E-state index is 13.2. The Morgan fingerprint density at radius 1 is 0.933 bits per heavy atom. The van der Waals surface area contributed by atoms with E-state index in [4.69, 9.17) is 0 Å². The number of benzene rings is 2. The lowest BCUT2D eigenvalue weighted by atomic mass is 9.97. The molecule has 0 atom stereocenters. The Labute approximate surface area is 173 Å². The normalized spacial score (nSPS) is 16.8. The Hall–Kier alpha value is -2.55. The van der Waals surface area contributed by atoms with Gasteiger partial charge in [0.2, 0.25) is 10.0 Å². The lowest BCUT2D eigenvalue weighted by Crippen LogP contribution is -2.36. The summed E-state index contributed by atoms with van der Waals surface area (Å²) in [5.41, 5.74) is 2.04. The van der Waals surface area contributed by atoms with E-state index in [9.17, 15) is 26.4 Å². The number of hydrogen-bond acceptors (Lipinski definition) is 3. The SMILES string of the molecule is CS(=O)(=O)N1CCCc2cc(C(=O)N3CCCc4cc(C(F)(F)F)ccc43)ccc21. The van der Waals surface area contributed by atoms with Crippen molar-refractivity contribution in [2.24, 2.45) is 0 Å². The van der Waals surface area contributed by atoms with Gasteiger partial charge in [0, 0.05) is 24.3 Å². The third kappa shape index (κ3) is 3.78. The minimum atomic E-state index is -4.43. The molecular formula is C21H21F3N2O3S. The molecule has 0 saturated carbocycles. The van der Waals surface area contributed by atoms with Crippen LogP contribution >= 0.6 is 0 Å². The second-order valence-corrected chi connectivity index (χ2v) is 9.59. The van der Waals surface area contributed by atoms with Crippen molar-refractivity contribution in [3.63, 3.8) is 0 Å². The van der Waals surface area contributed by atoms with Gasteiger partial charge in [-0.25, -0.2) is 8.42 Å². The number of aryl methyl sites for hydroxylation is 2. The monoisotopic (exact) mass is 438 g/mol. The van der Waals surface area contributed by atoms with Crippen molar-refractivity contribution in [3.8, 4) is 0 Å². The fourth-order valence-electron chi connectivity index (χ4n) is 4.18. The molecule has 160 valence electrons. The molecule has 0 spiro atoms. The van der Waals surface area contributed by atoms with Gasteiger partial charge in [-0.2, -0.15) is 13.2 Å². The summed E-state index contributed by atoms with van der Waals surface area (Å²) in [5, 5.41) is 0. The molecule has 2 heterocycles. The molecule has 0 aromatic heterocycles. The van der Waals surface area contributed by atoms with Crippen molar-refractivity contribution < 1.29 is 26.4 Å². The van der Waals surface area contributed by atoms with Crippen molar-refractivity contribution >= 4 is 27.3 Å². The van der Waals surface area contributed by atoms with E-state index in [-0.39, 0.29) is 5.91 Å². The largest absolute Gasteiger partial charge is 0.416 e. The lowest BCUT2D eigenvalue weighted by molar-refractivity contribution is -0.137. The Morgan fingerprint density at radius 3 is 2.23 bits per heavy atom. The zero-order valence-electron chi connectivity index (χ0n) is 16.4. The average Bonchev–Trinajstić information content (AvgIpc) is 2.70. The molecular weight excluding hydrogens is 417 g/mol. The molecule has 2 aliphatic heterocycles. The molecule has 30 heavy (non-hydrogen) atoms. The van der Waals surface area contributed by atoms with E-state index in [2.05, 4.69) is 0 Å². The van der Waals surface area contributed by atoms with Crippen molar-refractivity contribution in [1.82, 2.24) is 0 Å². The van der Waals surface area contributed by atoms with Gasteiger partial charge in [-0.1, -0.05) is 0 Å². The smallest absolute Gasteiger partial charge is 0.308 e. The Kier molecular flexibility index (Phi) is 5.04. The van der Waals surface area contributed by atoms with Crippen LogP contribution in [0, 0.1) is 0 Å². The van der Waals surface area contributed by atoms with Crippen molar-refractivity contribution in [2.45, 2.75) is 31.9 Å². The number of halogens is 3. The summed E-state index contributed by atoms with van der Waals surface area (Å²) in [4.78, 5) is 14.7. The summed E-state index contributed by atoms with van der Waals surface area (Å²) in [6.07, 6.45) is -0.895. The molecule has 0 aliphatic carbocycles. The fourth-order valence-corrected chi connectivity index (χ4v) is 5.18. The van der Waals surface area contributed by atoms with Gasteiger partial charge >= 0.3 is 6.18 Å². The minimum absolute atomic E-state index is 0.296. The first-order valence-corrected chi connectivity index (χ1v) is 11.5. The number of anilines is 2. The van der Waals surface area contributed by atoms with E-state index in [0.717, 1.165) is 24.0 Å². The highest BCUT2D eigenvalue weighted by molar-refractivity contribution is 7.92. The first-order chi connectivity index (χ1) is 14.1.